The lowest BCUT2D eigenvalue weighted by atomic mass is 10.1. The Bertz CT molecular complexity index is 358. The third kappa shape index (κ3) is 3.85. The van der Waals surface area contributed by atoms with E-state index in [2.05, 4.69) is 15.6 Å². The molecule has 1 rings (SSSR count). The predicted octanol–water partition coefficient (Wildman–Crippen LogP) is -0.343. The second-order valence-corrected chi connectivity index (χ2v) is 3.66. The van der Waals surface area contributed by atoms with Crippen LogP contribution in [0.1, 0.15) is 11.1 Å². The van der Waals surface area contributed by atoms with Crippen LogP contribution < -0.4 is 16.4 Å². The summed E-state index contributed by atoms with van der Waals surface area (Å²) >= 11 is 0. The van der Waals surface area contributed by atoms with Gasteiger partial charge in [0.25, 0.3) is 0 Å². The number of nitrogens with zero attached hydrogens (tertiary/aromatic N) is 1. The summed E-state index contributed by atoms with van der Waals surface area (Å²) in [7, 11) is 0. The second kappa shape index (κ2) is 7.05. The Morgan fingerprint density at radius 1 is 1.24 bits per heavy atom. The highest BCUT2D eigenvalue weighted by Crippen LogP contribution is 2.20. The van der Waals surface area contributed by atoms with E-state index in [1.807, 2.05) is 13.0 Å². The average molecular weight is 240 g/mol. The number of nitrogens with two attached hydrogens (primary N) is 1. The molecule has 17 heavy (non-hydrogen) atoms. The quantitative estimate of drug-likeness (QED) is 0.446. The van der Waals surface area contributed by atoms with Crippen molar-refractivity contribution < 1.29 is 10.2 Å². The van der Waals surface area contributed by atoms with E-state index < -0.39 is 0 Å². The third-order valence-electron chi connectivity index (χ3n) is 2.37. The van der Waals surface area contributed by atoms with E-state index >= 15 is 0 Å². The third-order valence-corrected chi connectivity index (χ3v) is 2.37. The van der Waals surface area contributed by atoms with E-state index in [9.17, 15) is 0 Å². The fourth-order valence-corrected chi connectivity index (χ4v) is 1.55. The number of aliphatic hydroxyl groups excluding tert-OH is 2. The zero-order valence-corrected chi connectivity index (χ0v) is 10.0. The molecule has 6 nitrogen and oxygen atoms in total. The van der Waals surface area contributed by atoms with Crippen LogP contribution in [0.3, 0.4) is 0 Å². The van der Waals surface area contributed by atoms with Gasteiger partial charge in [0.1, 0.15) is 11.6 Å². The van der Waals surface area contributed by atoms with Crippen LogP contribution in [0.25, 0.3) is 0 Å². The van der Waals surface area contributed by atoms with Gasteiger partial charge in [-0.1, -0.05) is 0 Å². The van der Waals surface area contributed by atoms with Crippen molar-refractivity contribution in [2.75, 3.05) is 36.9 Å². The fourth-order valence-electron chi connectivity index (χ4n) is 1.55. The first-order valence-electron chi connectivity index (χ1n) is 5.63. The molecule has 1 aromatic rings. The first-order valence-corrected chi connectivity index (χ1v) is 5.63. The fraction of sp³-hybridized carbons (Fsp3) is 0.545. The number of rotatable bonds is 7. The average Bonchev–Trinajstić information content (AvgIpc) is 2.33. The number of hydrogen-bond donors (Lipinski definition) is 5. The minimum atomic E-state index is 0.0407. The molecular weight excluding hydrogens is 220 g/mol. The van der Waals surface area contributed by atoms with Gasteiger partial charge in [-0.05, 0) is 18.6 Å². The minimum absolute atomic E-state index is 0.0407. The van der Waals surface area contributed by atoms with Crippen LogP contribution in [0.4, 0.5) is 11.6 Å². The van der Waals surface area contributed by atoms with E-state index in [1.54, 1.807) is 0 Å². The number of pyridine rings is 1. The Morgan fingerprint density at radius 3 is 2.47 bits per heavy atom. The van der Waals surface area contributed by atoms with Crippen LogP contribution in [0.15, 0.2) is 6.07 Å². The molecule has 0 atom stereocenters. The van der Waals surface area contributed by atoms with Gasteiger partial charge in [-0.25, -0.2) is 4.98 Å². The van der Waals surface area contributed by atoms with Gasteiger partial charge >= 0.3 is 0 Å². The van der Waals surface area contributed by atoms with Crippen LogP contribution in [0, 0.1) is 6.92 Å². The Kier molecular flexibility index (Phi) is 5.68. The highest BCUT2D eigenvalue weighted by Gasteiger charge is 2.08. The maximum atomic E-state index is 8.80. The Labute approximate surface area is 101 Å². The molecule has 0 saturated carbocycles. The topological polar surface area (TPSA) is 103 Å². The van der Waals surface area contributed by atoms with E-state index in [-0.39, 0.29) is 13.2 Å². The molecular formula is C11H20N4O2. The molecule has 1 heterocycles. The second-order valence-electron chi connectivity index (χ2n) is 3.66. The van der Waals surface area contributed by atoms with Gasteiger partial charge in [-0.2, -0.15) is 0 Å². The lowest BCUT2D eigenvalue weighted by molar-refractivity contribution is 0.311. The van der Waals surface area contributed by atoms with Crippen molar-refractivity contribution in [3.8, 4) is 0 Å². The highest BCUT2D eigenvalue weighted by atomic mass is 16.3. The molecule has 6 N–H and O–H groups in total. The van der Waals surface area contributed by atoms with E-state index in [0.29, 0.717) is 31.3 Å². The van der Waals surface area contributed by atoms with Gasteiger partial charge in [0.2, 0.25) is 0 Å². The lowest BCUT2D eigenvalue weighted by Gasteiger charge is -2.14. The van der Waals surface area contributed by atoms with Gasteiger partial charge in [0.05, 0.1) is 13.2 Å². The van der Waals surface area contributed by atoms with Crippen molar-refractivity contribution in [2.45, 2.75) is 13.5 Å². The number of aromatic nitrogens is 1. The maximum absolute atomic E-state index is 8.80. The van der Waals surface area contributed by atoms with Gasteiger partial charge in [0, 0.05) is 25.2 Å². The Hall–Kier alpha value is -1.37. The van der Waals surface area contributed by atoms with Gasteiger partial charge in [-0.3, -0.25) is 0 Å². The standard InChI is InChI=1S/C11H20N4O2/c1-8-6-10(13-2-4-16)15-11(9(8)7-12)14-3-5-17/h6,16-17H,2-5,7,12H2,1H3,(H2,13,14,15). The molecule has 0 amide bonds. The molecule has 96 valence electrons. The number of aliphatic hydroxyl groups is 2. The molecule has 1 aromatic heterocycles. The summed E-state index contributed by atoms with van der Waals surface area (Å²) in [6.45, 7) is 3.33. The first kappa shape index (κ1) is 13.7. The van der Waals surface area contributed by atoms with Crippen molar-refractivity contribution in [1.82, 2.24) is 4.98 Å². The molecule has 0 aliphatic rings. The number of hydrogen-bond acceptors (Lipinski definition) is 6. The van der Waals surface area contributed by atoms with Crippen molar-refractivity contribution in [3.05, 3.63) is 17.2 Å². The summed E-state index contributed by atoms with van der Waals surface area (Å²) in [4.78, 5) is 4.35. The lowest BCUT2D eigenvalue weighted by Crippen LogP contribution is -2.15. The summed E-state index contributed by atoms with van der Waals surface area (Å²) in [6.07, 6.45) is 0. The van der Waals surface area contributed by atoms with Gasteiger partial charge < -0.3 is 26.6 Å². The van der Waals surface area contributed by atoms with Crippen LogP contribution in [-0.2, 0) is 6.54 Å². The zero-order valence-electron chi connectivity index (χ0n) is 10.0. The van der Waals surface area contributed by atoms with Crippen LogP contribution >= 0.6 is 0 Å². The SMILES string of the molecule is Cc1cc(NCCO)nc(NCCO)c1CN. The van der Waals surface area contributed by atoms with E-state index in [4.69, 9.17) is 15.9 Å². The molecule has 0 unspecified atom stereocenters. The molecule has 0 aliphatic heterocycles. The van der Waals surface area contributed by atoms with Crippen molar-refractivity contribution in [2.24, 2.45) is 5.73 Å². The Balaban J connectivity index is 2.92. The van der Waals surface area contributed by atoms with E-state index in [0.717, 1.165) is 11.1 Å². The summed E-state index contributed by atoms with van der Waals surface area (Å²) in [5.74, 6) is 1.37. The Morgan fingerprint density at radius 2 is 1.88 bits per heavy atom. The smallest absolute Gasteiger partial charge is 0.133 e. The normalized spacial score (nSPS) is 10.4. The molecule has 0 aromatic carbocycles. The summed E-state index contributed by atoms with van der Waals surface area (Å²) < 4.78 is 0. The van der Waals surface area contributed by atoms with Gasteiger partial charge in [0.15, 0.2) is 0 Å². The van der Waals surface area contributed by atoms with Crippen LogP contribution in [0.2, 0.25) is 0 Å². The summed E-state index contributed by atoms with van der Waals surface area (Å²) in [5, 5.41) is 23.6. The van der Waals surface area contributed by atoms with Gasteiger partial charge in [-0.15, -0.1) is 0 Å². The minimum Gasteiger partial charge on any atom is -0.395 e. The van der Waals surface area contributed by atoms with Crippen LogP contribution in [-0.4, -0.2) is 41.5 Å². The number of nitrogens with one attached hydrogen (secondary N) is 2. The number of anilines is 2. The molecule has 0 aliphatic carbocycles. The first-order chi connectivity index (χ1) is 8.22. The van der Waals surface area contributed by atoms with E-state index in [1.165, 1.54) is 0 Å². The van der Waals surface area contributed by atoms with Crippen molar-refractivity contribution in [1.29, 1.82) is 0 Å². The monoisotopic (exact) mass is 240 g/mol. The molecule has 0 spiro atoms. The van der Waals surface area contributed by atoms with Crippen molar-refractivity contribution in [3.63, 3.8) is 0 Å². The van der Waals surface area contributed by atoms with Crippen molar-refractivity contribution >= 4 is 11.6 Å². The molecule has 0 saturated heterocycles. The molecule has 0 radical (unpaired) electrons. The predicted molar refractivity (Wildman–Crippen MR) is 68.0 cm³/mol. The summed E-state index contributed by atoms with van der Waals surface area (Å²) in [6, 6.07) is 1.89. The zero-order chi connectivity index (χ0) is 12.7. The molecule has 0 fully saturated rings. The van der Waals surface area contributed by atoms with Crippen LogP contribution in [0.5, 0.6) is 0 Å². The highest BCUT2D eigenvalue weighted by molar-refractivity contribution is 5.55. The summed E-state index contributed by atoms with van der Waals surface area (Å²) in [5.41, 5.74) is 7.64. The molecule has 6 heteroatoms. The largest absolute Gasteiger partial charge is 0.395 e. The maximum Gasteiger partial charge on any atom is 0.133 e. The molecule has 0 bridgehead atoms. The number of aryl methyl sites for hydroxylation is 1.